The molecule has 1 heterocycles. The molecule has 0 fully saturated rings. The summed E-state index contributed by atoms with van der Waals surface area (Å²) in [6, 6.07) is 3.07. The van der Waals surface area contributed by atoms with E-state index in [2.05, 4.69) is 0 Å². The van der Waals surface area contributed by atoms with Gasteiger partial charge in [0.1, 0.15) is 0 Å². The molecule has 0 aliphatic heterocycles. The molecule has 1 unspecified atom stereocenters. The molecule has 1 aromatic heterocycles. The van der Waals surface area contributed by atoms with Crippen LogP contribution in [0.5, 0.6) is 0 Å². The number of aromatic nitrogens is 1. The summed E-state index contributed by atoms with van der Waals surface area (Å²) < 4.78 is 6.52. The van der Waals surface area contributed by atoms with Crippen molar-refractivity contribution in [3.63, 3.8) is 0 Å². The molecule has 0 aromatic carbocycles. The molecule has 1 rings (SSSR count). The molecule has 13 heavy (non-hydrogen) atoms. The maximum atomic E-state index is 11.3. The van der Waals surface area contributed by atoms with E-state index in [-0.39, 0.29) is 11.6 Å². The van der Waals surface area contributed by atoms with E-state index < -0.39 is 0 Å². The van der Waals surface area contributed by atoms with Crippen LogP contribution >= 0.6 is 0 Å². The summed E-state index contributed by atoms with van der Waals surface area (Å²) in [5.74, 6) is 0. The zero-order valence-corrected chi connectivity index (χ0v) is 7.86. The molecule has 2 N–H and O–H groups in total. The zero-order chi connectivity index (χ0) is 9.84. The lowest BCUT2D eigenvalue weighted by molar-refractivity contribution is 0.161. The topological polar surface area (TPSA) is 57.2 Å². The van der Waals surface area contributed by atoms with Gasteiger partial charge in [-0.3, -0.25) is 4.79 Å². The van der Waals surface area contributed by atoms with Gasteiger partial charge in [0.05, 0.1) is 12.6 Å². The molecule has 1 atom stereocenters. The fraction of sp³-hybridized carbons (Fsp3) is 0.444. The second kappa shape index (κ2) is 4.09. The summed E-state index contributed by atoms with van der Waals surface area (Å²) in [6.07, 6.45) is 1.63. The molecule has 0 amide bonds. The van der Waals surface area contributed by atoms with Gasteiger partial charge in [-0.25, -0.2) is 0 Å². The van der Waals surface area contributed by atoms with Crippen LogP contribution < -0.4 is 11.3 Å². The lowest BCUT2D eigenvalue weighted by Crippen LogP contribution is -2.24. The number of hydrogen-bond acceptors (Lipinski definition) is 3. The Morgan fingerprint density at radius 1 is 1.62 bits per heavy atom. The van der Waals surface area contributed by atoms with E-state index in [9.17, 15) is 4.79 Å². The first-order valence-electron chi connectivity index (χ1n) is 4.11. The van der Waals surface area contributed by atoms with Crippen LogP contribution in [0.25, 0.3) is 0 Å². The Bertz CT molecular complexity index is 333. The minimum Gasteiger partial charge on any atom is -0.398 e. The van der Waals surface area contributed by atoms with Gasteiger partial charge in [0.2, 0.25) is 0 Å². The van der Waals surface area contributed by atoms with Crippen molar-refractivity contribution in [2.45, 2.75) is 13.0 Å². The Kier molecular flexibility index (Phi) is 3.08. The second-order valence-electron chi connectivity index (χ2n) is 3.01. The lowest BCUT2D eigenvalue weighted by atomic mass is 10.3. The normalized spacial score (nSPS) is 12.8. The molecule has 4 heteroatoms. The molecule has 1 aromatic rings. The van der Waals surface area contributed by atoms with Gasteiger partial charge in [0.15, 0.2) is 0 Å². The average molecular weight is 182 g/mol. The van der Waals surface area contributed by atoms with Gasteiger partial charge < -0.3 is 15.0 Å². The van der Waals surface area contributed by atoms with Crippen LogP contribution in [-0.2, 0) is 4.74 Å². The van der Waals surface area contributed by atoms with Gasteiger partial charge in [-0.2, -0.15) is 0 Å². The molecule has 0 saturated heterocycles. The highest BCUT2D eigenvalue weighted by molar-refractivity contribution is 5.33. The molecule has 0 spiro atoms. The van der Waals surface area contributed by atoms with E-state index in [4.69, 9.17) is 10.5 Å². The lowest BCUT2D eigenvalue weighted by Gasteiger charge is -2.13. The van der Waals surface area contributed by atoms with Crippen LogP contribution in [0.15, 0.2) is 23.1 Å². The summed E-state index contributed by atoms with van der Waals surface area (Å²) in [6.45, 7) is 2.41. The van der Waals surface area contributed by atoms with E-state index in [1.807, 2.05) is 6.92 Å². The van der Waals surface area contributed by atoms with Crippen molar-refractivity contribution < 1.29 is 4.74 Å². The number of nitrogens with two attached hydrogens (primary N) is 1. The molecular formula is C9H14N2O2. The summed E-state index contributed by atoms with van der Waals surface area (Å²) >= 11 is 0. The first kappa shape index (κ1) is 9.80. The average Bonchev–Trinajstić information content (AvgIpc) is 2.09. The number of methoxy groups -OCH3 is 1. The molecule has 0 bridgehead atoms. The van der Waals surface area contributed by atoms with E-state index in [0.717, 1.165) is 0 Å². The highest BCUT2D eigenvalue weighted by Crippen LogP contribution is 2.04. The van der Waals surface area contributed by atoms with Gasteiger partial charge in [-0.15, -0.1) is 0 Å². The van der Waals surface area contributed by atoms with E-state index in [1.54, 1.807) is 23.9 Å². The van der Waals surface area contributed by atoms with Crippen LogP contribution in [0.4, 0.5) is 5.69 Å². The quantitative estimate of drug-likeness (QED) is 0.746. The highest BCUT2D eigenvalue weighted by atomic mass is 16.5. The third kappa shape index (κ3) is 2.32. The minimum atomic E-state index is -0.0567. The largest absolute Gasteiger partial charge is 0.398 e. The Morgan fingerprint density at radius 3 is 2.92 bits per heavy atom. The fourth-order valence-corrected chi connectivity index (χ4v) is 1.19. The highest BCUT2D eigenvalue weighted by Gasteiger charge is 2.05. The number of rotatable bonds is 3. The smallest absolute Gasteiger partial charge is 0.250 e. The SMILES string of the molecule is COCC(C)n1cc(N)ccc1=O. The Hall–Kier alpha value is -1.29. The first-order chi connectivity index (χ1) is 6.15. The summed E-state index contributed by atoms with van der Waals surface area (Å²) in [5.41, 5.74) is 6.09. The van der Waals surface area contributed by atoms with Crippen molar-refractivity contribution >= 4 is 5.69 Å². The van der Waals surface area contributed by atoms with Gasteiger partial charge >= 0.3 is 0 Å². The van der Waals surface area contributed by atoms with Crippen molar-refractivity contribution in [3.8, 4) is 0 Å². The number of nitrogens with zero attached hydrogens (tertiary/aromatic N) is 1. The summed E-state index contributed by atoms with van der Waals surface area (Å²) in [7, 11) is 1.60. The van der Waals surface area contributed by atoms with Crippen LogP contribution in [0.1, 0.15) is 13.0 Å². The van der Waals surface area contributed by atoms with Crippen LogP contribution in [0, 0.1) is 0 Å². The van der Waals surface area contributed by atoms with Crippen molar-refractivity contribution in [2.24, 2.45) is 0 Å². The molecular weight excluding hydrogens is 168 g/mol. The number of anilines is 1. The molecule has 4 nitrogen and oxygen atoms in total. The Morgan fingerprint density at radius 2 is 2.31 bits per heavy atom. The van der Waals surface area contributed by atoms with E-state index in [0.29, 0.717) is 12.3 Å². The van der Waals surface area contributed by atoms with Gasteiger partial charge in [0, 0.05) is 25.1 Å². The van der Waals surface area contributed by atoms with Gasteiger partial charge in [-0.05, 0) is 13.0 Å². The maximum Gasteiger partial charge on any atom is 0.250 e. The van der Waals surface area contributed by atoms with Crippen LogP contribution in [0.2, 0.25) is 0 Å². The van der Waals surface area contributed by atoms with Crippen LogP contribution in [-0.4, -0.2) is 18.3 Å². The minimum absolute atomic E-state index is 0.0148. The molecule has 0 radical (unpaired) electrons. The zero-order valence-electron chi connectivity index (χ0n) is 7.86. The molecule has 72 valence electrons. The molecule has 0 saturated carbocycles. The molecule has 0 aliphatic rings. The van der Waals surface area contributed by atoms with Crippen molar-refractivity contribution in [1.29, 1.82) is 0 Å². The first-order valence-corrected chi connectivity index (χ1v) is 4.11. The monoisotopic (exact) mass is 182 g/mol. The standard InChI is InChI=1S/C9H14N2O2/c1-7(6-13-2)11-5-8(10)3-4-9(11)12/h3-5,7H,6,10H2,1-2H3. The Labute approximate surface area is 76.9 Å². The van der Waals surface area contributed by atoms with Crippen molar-refractivity contribution in [1.82, 2.24) is 4.57 Å². The third-order valence-electron chi connectivity index (χ3n) is 1.84. The predicted octanol–water partition coefficient (Wildman–Crippen LogP) is 0.638. The number of pyridine rings is 1. The maximum absolute atomic E-state index is 11.3. The van der Waals surface area contributed by atoms with Crippen molar-refractivity contribution in [3.05, 3.63) is 28.7 Å². The summed E-state index contributed by atoms with van der Waals surface area (Å²) in [5, 5.41) is 0. The fourth-order valence-electron chi connectivity index (χ4n) is 1.19. The third-order valence-corrected chi connectivity index (χ3v) is 1.84. The predicted molar refractivity (Wildman–Crippen MR) is 51.7 cm³/mol. The van der Waals surface area contributed by atoms with E-state index >= 15 is 0 Å². The van der Waals surface area contributed by atoms with Crippen LogP contribution in [0.3, 0.4) is 0 Å². The summed E-state index contributed by atoms with van der Waals surface area (Å²) in [4.78, 5) is 11.3. The number of nitrogen functional groups attached to an aromatic ring is 1. The molecule has 0 aliphatic carbocycles. The number of ether oxygens (including phenoxy) is 1. The Balaban J connectivity index is 2.99. The van der Waals surface area contributed by atoms with E-state index in [1.165, 1.54) is 6.07 Å². The van der Waals surface area contributed by atoms with Gasteiger partial charge in [0.25, 0.3) is 5.56 Å². The van der Waals surface area contributed by atoms with Crippen molar-refractivity contribution in [2.75, 3.05) is 19.5 Å². The van der Waals surface area contributed by atoms with Gasteiger partial charge in [-0.1, -0.05) is 0 Å². The second-order valence-corrected chi connectivity index (χ2v) is 3.01. The number of hydrogen-bond donors (Lipinski definition) is 1.